The van der Waals surface area contributed by atoms with Gasteiger partial charge in [-0.3, -0.25) is 9.69 Å². The highest BCUT2D eigenvalue weighted by Gasteiger charge is 2.28. The van der Waals surface area contributed by atoms with Crippen molar-refractivity contribution >= 4 is 5.97 Å². The van der Waals surface area contributed by atoms with Crippen molar-refractivity contribution in [3.05, 3.63) is 28.8 Å². The van der Waals surface area contributed by atoms with Gasteiger partial charge in [0, 0.05) is 19.5 Å². The first kappa shape index (κ1) is 27.5. The number of aliphatic carboxylic acids is 1. The average molecular weight is 434 g/mol. The Morgan fingerprint density at radius 2 is 1.45 bits per heavy atom. The van der Waals surface area contributed by atoms with Crippen molar-refractivity contribution in [1.29, 1.82) is 0 Å². The van der Waals surface area contributed by atoms with Crippen molar-refractivity contribution in [2.24, 2.45) is 0 Å². The molecule has 0 unspecified atom stereocenters. The second-order valence-corrected chi connectivity index (χ2v) is 11.2. The highest BCUT2D eigenvalue weighted by Crippen LogP contribution is 2.40. The topological polar surface area (TPSA) is 60.8 Å². The molecule has 1 fully saturated rings. The molecule has 1 saturated carbocycles. The molecule has 0 amide bonds. The molecular formula is C27H47NO3. The smallest absolute Gasteiger partial charge is 0.300 e. The Morgan fingerprint density at radius 3 is 1.84 bits per heavy atom. The number of carboxylic acid groups (broad SMARTS) is 1. The van der Waals surface area contributed by atoms with E-state index in [9.17, 15) is 5.11 Å². The van der Waals surface area contributed by atoms with Crippen LogP contribution in [-0.2, 0) is 22.2 Å². The van der Waals surface area contributed by atoms with Crippen LogP contribution in [0.1, 0.15) is 117 Å². The summed E-state index contributed by atoms with van der Waals surface area (Å²) in [5, 5.41) is 18.4. The highest BCUT2D eigenvalue weighted by molar-refractivity contribution is 5.63. The number of rotatable bonds is 6. The molecule has 0 saturated heterocycles. The van der Waals surface area contributed by atoms with Gasteiger partial charge in [-0.05, 0) is 53.3 Å². The molecule has 2 rings (SSSR count). The molecule has 0 heterocycles. The maximum Gasteiger partial charge on any atom is 0.300 e. The summed E-state index contributed by atoms with van der Waals surface area (Å²) in [5.41, 5.74) is 3.43. The van der Waals surface area contributed by atoms with Crippen molar-refractivity contribution in [3.8, 4) is 5.75 Å². The van der Waals surface area contributed by atoms with E-state index in [1.807, 2.05) is 0 Å². The summed E-state index contributed by atoms with van der Waals surface area (Å²) in [7, 11) is 0. The standard InChI is InChI=1S/C25H43NO.C2H4O2/c1-8-9-15-26(20-13-11-10-12-14-20)18-19-16-21(24(2,3)4)23(27)22(17-19)25(5,6)7;1-2(3)4/h16-17,20,27H,8-15,18H2,1-7H3;1H3,(H,3,4). The normalized spacial score (nSPS) is 15.5. The molecule has 0 aromatic heterocycles. The number of hydrogen-bond acceptors (Lipinski definition) is 3. The number of unbranched alkanes of at least 4 members (excludes halogenated alkanes) is 1. The first-order valence-electron chi connectivity index (χ1n) is 12.1. The minimum Gasteiger partial charge on any atom is -0.507 e. The predicted octanol–water partition coefficient (Wildman–Crippen LogP) is 7.01. The monoisotopic (exact) mass is 433 g/mol. The molecule has 1 aromatic rings. The lowest BCUT2D eigenvalue weighted by atomic mass is 9.78. The Morgan fingerprint density at radius 1 is 1.00 bits per heavy atom. The zero-order valence-corrected chi connectivity index (χ0v) is 21.3. The number of nitrogens with zero attached hydrogens (tertiary/aromatic N) is 1. The molecule has 0 atom stereocenters. The van der Waals surface area contributed by atoms with E-state index >= 15 is 0 Å². The summed E-state index contributed by atoms with van der Waals surface area (Å²) in [6, 6.07) is 5.27. The molecule has 1 aromatic carbocycles. The Balaban J connectivity index is 0.00000110. The fraction of sp³-hybridized carbons (Fsp3) is 0.741. The predicted molar refractivity (Wildman–Crippen MR) is 131 cm³/mol. The van der Waals surface area contributed by atoms with E-state index in [-0.39, 0.29) is 10.8 Å². The quantitative estimate of drug-likeness (QED) is 0.506. The van der Waals surface area contributed by atoms with Crippen molar-refractivity contribution in [2.45, 2.75) is 124 Å². The molecule has 0 radical (unpaired) electrons. The van der Waals surface area contributed by atoms with E-state index in [0.29, 0.717) is 5.75 Å². The number of phenols is 1. The fourth-order valence-corrected chi connectivity index (χ4v) is 4.36. The van der Waals surface area contributed by atoms with E-state index in [0.717, 1.165) is 30.6 Å². The molecule has 178 valence electrons. The van der Waals surface area contributed by atoms with E-state index in [1.54, 1.807) is 0 Å². The lowest BCUT2D eigenvalue weighted by Crippen LogP contribution is -2.37. The lowest BCUT2D eigenvalue weighted by Gasteiger charge is -2.35. The van der Waals surface area contributed by atoms with Crippen LogP contribution in [0.4, 0.5) is 0 Å². The van der Waals surface area contributed by atoms with Gasteiger partial charge in [0.1, 0.15) is 5.75 Å². The Labute approximate surface area is 191 Å². The maximum atomic E-state index is 11.0. The number of carboxylic acids is 1. The third-order valence-corrected chi connectivity index (χ3v) is 6.06. The van der Waals surface area contributed by atoms with Gasteiger partial charge in [0.15, 0.2) is 0 Å². The molecule has 31 heavy (non-hydrogen) atoms. The minimum atomic E-state index is -0.833. The number of aromatic hydroxyl groups is 1. The lowest BCUT2D eigenvalue weighted by molar-refractivity contribution is -0.134. The van der Waals surface area contributed by atoms with Crippen LogP contribution >= 0.6 is 0 Å². The summed E-state index contributed by atoms with van der Waals surface area (Å²) in [5.74, 6) is -0.337. The van der Waals surface area contributed by atoms with Gasteiger partial charge < -0.3 is 10.2 Å². The van der Waals surface area contributed by atoms with E-state index in [4.69, 9.17) is 9.90 Å². The maximum absolute atomic E-state index is 11.0. The van der Waals surface area contributed by atoms with Crippen LogP contribution in [0.5, 0.6) is 5.75 Å². The highest BCUT2D eigenvalue weighted by atomic mass is 16.4. The van der Waals surface area contributed by atoms with Gasteiger partial charge in [-0.2, -0.15) is 0 Å². The summed E-state index contributed by atoms with van der Waals surface area (Å²) in [6.07, 6.45) is 9.37. The second kappa shape index (κ2) is 11.9. The zero-order valence-electron chi connectivity index (χ0n) is 21.3. The number of benzene rings is 1. The summed E-state index contributed by atoms with van der Waals surface area (Å²) >= 11 is 0. The molecule has 2 N–H and O–H groups in total. The van der Waals surface area contributed by atoms with Gasteiger partial charge in [-0.15, -0.1) is 0 Å². The largest absolute Gasteiger partial charge is 0.507 e. The fourth-order valence-electron chi connectivity index (χ4n) is 4.36. The van der Waals surface area contributed by atoms with Gasteiger partial charge in [0.2, 0.25) is 0 Å². The summed E-state index contributed by atoms with van der Waals surface area (Å²) < 4.78 is 0. The van der Waals surface area contributed by atoms with Crippen LogP contribution < -0.4 is 0 Å². The number of hydrogen-bond donors (Lipinski definition) is 2. The SMILES string of the molecule is CC(=O)O.CCCCN(Cc1cc(C(C)(C)C)c(O)c(C(C)(C)C)c1)C1CCCCC1. The molecule has 0 bridgehead atoms. The average Bonchev–Trinajstić information content (AvgIpc) is 2.64. The molecule has 0 aliphatic heterocycles. The van der Waals surface area contributed by atoms with E-state index in [2.05, 4.69) is 65.5 Å². The van der Waals surface area contributed by atoms with Gasteiger partial charge in [0.25, 0.3) is 5.97 Å². The molecule has 4 nitrogen and oxygen atoms in total. The van der Waals surface area contributed by atoms with E-state index < -0.39 is 5.97 Å². The van der Waals surface area contributed by atoms with Crippen LogP contribution in [0, 0.1) is 0 Å². The first-order chi connectivity index (χ1) is 14.3. The van der Waals surface area contributed by atoms with Crippen LogP contribution in [-0.4, -0.2) is 33.7 Å². The second-order valence-electron chi connectivity index (χ2n) is 11.2. The van der Waals surface area contributed by atoms with Crippen molar-refractivity contribution in [2.75, 3.05) is 6.54 Å². The number of phenolic OH excluding ortho intramolecular Hbond substituents is 1. The van der Waals surface area contributed by atoms with Gasteiger partial charge in [0.05, 0.1) is 0 Å². The summed E-state index contributed by atoms with van der Waals surface area (Å²) in [6.45, 7) is 18.8. The van der Waals surface area contributed by atoms with Crippen LogP contribution in [0.2, 0.25) is 0 Å². The minimum absolute atomic E-state index is 0.0564. The van der Waals surface area contributed by atoms with Gasteiger partial charge in [-0.25, -0.2) is 0 Å². The van der Waals surface area contributed by atoms with Crippen LogP contribution in [0.15, 0.2) is 12.1 Å². The van der Waals surface area contributed by atoms with Gasteiger partial charge >= 0.3 is 0 Å². The van der Waals surface area contributed by atoms with Crippen molar-refractivity contribution in [1.82, 2.24) is 4.90 Å². The number of carbonyl (C=O) groups is 1. The Hall–Kier alpha value is -1.55. The Kier molecular flexibility index (Phi) is 10.5. The van der Waals surface area contributed by atoms with E-state index in [1.165, 1.54) is 57.1 Å². The van der Waals surface area contributed by atoms with Crippen molar-refractivity contribution in [3.63, 3.8) is 0 Å². The molecule has 4 heteroatoms. The van der Waals surface area contributed by atoms with Crippen molar-refractivity contribution < 1.29 is 15.0 Å². The summed E-state index contributed by atoms with van der Waals surface area (Å²) in [4.78, 5) is 11.7. The van der Waals surface area contributed by atoms with Crippen LogP contribution in [0.25, 0.3) is 0 Å². The third kappa shape index (κ3) is 9.22. The third-order valence-electron chi connectivity index (χ3n) is 6.06. The zero-order chi connectivity index (χ0) is 23.8. The van der Waals surface area contributed by atoms with Gasteiger partial charge in [-0.1, -0.05) is 86.3 Å². The molecule has 0 spiro atoms. The van der Waals surface area contributed by atoms with Crippen LogP contribution in [0.3, 0.4) is 0 Å². The first-order valence-corrected chi connectivity index (χ1v) is 12.1. The molecule has 1 aliphatic rings. The Bertz CT molecular complexity index is 652. The molecular weight excluding hydrogens is 386 g/mol. The molecule has 1 aliphatic carbocycles.